The van der Waals surface area contributed by atoms with Crippen LogP contribution in [0.2, 0.25) is 0 Å². The molecule has 1 aromatic heterocycles. The highest BCUT2D eigenvalue weighted by Gasteiger charge is 2.38. The Balaban J connectivity index is 1.66. The molecule has 1 heterocycles. The number of anilines is 2. The average molecular weight is 409 g/mol. The molecule has 0 spiro atoms. The molecule has 150 valence electrons. The summed E-state index contributed by atoms with van der Waals surface area (Å²) in [4.78, 5) is 27.4. The number of hydrogen-bond donors (Lipinski definition) is 2. The van der Waals surface area contributed by atoms with Crippen LogP contribution in [0.25, 0.3) is 0 Å². The van der Waals surface area contributed by atoms with E-state index in [9.17, 15) is 22.8 Å². The normalized spacial score (nSPS) is 10.5. The van der Waals surface area contributed by atoms with Gasteiger partial charge in [0.15, 0.2) is 0 Å². The minimum absolute atomic E-state index is 0.0688. The lowest BCUT2D eigenvalue weighted by atomic mass is 10.1. The zero-order valence-electron chi connectivity index (χ0n) is 15.3. The summed E-state index contributed by atoms with van der Waals surface area (Å²) in [7, 11) is 0. The van der Waals surface area contributed by atoms with Crippen LogP contribution in [0.1, 0.15) is 21.6 Å². The fourth-order valence-corrected chi connectivity index (χ4v) is 2.36. The Morgan fingerprint density at radius 1 is 0.833 bits per heavy atom. The van der Waals surface area contributed by atoms with Gasteiger partial charge in [0.2, 0.25) is 0 Å². The van der Waals surface area contributed by atoms with Gasteiger partial charge in [0.05, 0.1) is 0 Å². The number of nitrogens with zero attached hydrogens (tertiary/aromatic N) is 1. The van der Waals surface area contributed by atoms with Gasteiger partial charge in [0.1, 0.15) is 5.69 Å². The largest absolute Gasteiger partial charge is 0.471 e. The van der Waals surface area contributed by atoms with E-state index in [2.05, 4.69) is 22.1 Å². The van der Waals surface area contributed by atoms with Crippen molar-refractivity contribution in [1.82, 2.24) is 4.98 Å². The van der Waals surface area contributed by atoms with Gasteiger partial charge in [0.25, 0.3) is 5.91 Å². The van der Waals surface area contributed by atoms with E-state index in [0.29, 0.717) is 16.9 Å². The molecule has 2 amide bonds. The van der Waals surface area contributed by atoms with Crippen LogP contribution in [0.3, 0.4) is 0 Å². The minimum atomic E-state index is -4.99. The molecule has 0 radical (unpaired) electrons. The molecule has 2 N–H and O–H groups in total. The maximum atomic E-state index is 12.4. The van der Waals surface area contributed by atoms with Crippen molar-refractivity contribution in [3.63, 3.8) is 0 Å². The van der Waals surface area contributed by atoms with Gasteiger partial charge in [-0.1, -0.05) is 18.1 Å². The summed E-state index contributed by atoms with van der Waals surface area (Å²) in [6.45, 7) is 0. The second-order valence-electron chi connectivity index (χ2n) is 6.03. The zero-order chi connectivity index (χ0) is 21.6. The first-order chi connectivity index (χ1) is 14.3. The van der Waals surface area contributed by atoms with Gasteiger partial charge in [-0.05, 0) is 60.5 Å². The molecule has 0 aliphatic carbocycles. The van der Waals surface area contributed by atoms with Crippen LogP contribution in [0, 0.1) is 11.8 Å². The van der Waals surface area contributed by atoms with E-state index in [1.807, 2.05) is 6.07 Å². The van der Waals surface area contributed by atoms with Crippen molar-refractivity contribution in [2.75, 3.05) is 10.6 Å². The number of amides is 2. The van der Waals surface area contributed by atoms with E-state index < -0.39 is 18.0 Å². The van der Waals surface area contributed by atoms with Crippen molar-refractivity contribution >= 4 is 23.2 Å². The molecular weight excluding hydrogens is 395 g/mol. The molecule has 0 saturated carbocycles. The predicted molar refractivity (Wildman–Crippen MR) is 106 cm³/mol. The van der Waals surface area contributed by atoms with E-state index in [1.54, 1.807) is 47.9 Å². The average Bonchev–Trinajstić information content (AvgIpc) is 2.73. The Morgan fingerprint density at radius 2 is 1.60 bits per heavy atom. The van der Waals surface area contributed by atoms with Gasteiger partial charge in [-0.25, -0.2) is 4.98 Å². The lowest BCUT2D eigenvalue weighted by molar-refractivity contribution is -0.167. The summed E-state index contributed by atoms with van der Waals surface area (Å²) in [6, 6.07) is 17.3. The third-order valence-electron chi connectivity index (χ3n) is 3.78. The highest BCUT2D eigenvalue weighted by atomic mass is 19.4. The smallest absolute Gasteiger partial charge is 0.322 e. The van der Waals surface area contributed by atoms with Crippen molar-refractivity contribution in [3.8, 4) is 11.8 Å². The van der Waals surface area contributed by atoms with E-state index >= 15 is 0 Å². The monoisotopic (exact) mass is 409 g/mol. The fourth-order valence-electron chi connectivity index (χ4n) is 2.36. The Morgan fingerprint density at radius 3 is 2.27 bits per heavy atom. The van der Waals surface area contributed by atoms with Gasteiger partial charge in [0, 0.05) is 28.7 Å². The van der Waals surface area contributed by atoms with Gasteiger partial charge in [-0.15, -0.1) is 0 Å². The van der Waals surface area contributed by atoms with Gasteiger partial charge >= 0.3 is 12.1 Å². The molecule has 0 fully saturated rings. The molecule has 0 aliphatic heterocycles. The number of benzene rings is 2. The quantitative estimate of drug-likeness (QED) is 0.636. The van der Waals surface area contributed by atoms with E-state index in [4.69, 9.17) is 0 Å². The highest BCUT2D eigenvalue weighted by molar-refractivity contribution is 6.04. The maximum absolute atomic E-state index is 12.4. The van der Waals surface area contributed by atoms with E-state index in [1.165, 1.54) is 24.3 Å². The molecule has 3 rings (SSSR count). The first kappa shape index (κ1) is 20.6. The molecule has 2 aromatic carbocycles. The molecule has 0 bridgehead atoms. The van der Waals surface area contributed by atoms with Crippen LogP contribution in [-0.2, 0) is 4.79 Å². The standard InChI is InChI=1S/C22H14F3N3O2/c23-22(24,25)21(30)28-18-11-8-16(9-12-18)20(29)27-19-6-3-4-15(14-19)7-10-17-5-1-2-13-26-17/h1-6,8-9,11-14H,(H,27,29)(H,28,30). The van der Waals surface area contributed by atoms with Crippen molar-refractivity contribution in [2.24, 2.45) is 0 Å². The SMILES string of the molecule is O=C(Nc1cccc(C#Cc2ccccn2)c1)c1ccc(NC(=O)C(F)(F)F)cc1. The summed E-state index contributed by atoms with van der Waals surface area (Å²) in [5.41, 5.74) is 1.93. The number of hydrogen-bond acceptors (Lipinski definition) is 3. The third kappa shape index (κ3) is 5.69. The molecular formula is C22H14F3N3O2. The number of pyridine rings is 1. The lowest BCUT2D eigenvalue weighted by Crippen LogP contribution is -2.29. The molecule has 30 heavy (non-hydrogen) atoms. The first-order valence-electron chi connectivity index (χ1n) is 8.64. The van der Waals surface area contributed by atoms with Crippen molar-refractivity contribution < 1.29 is 22.8 Å². The molecule has 0 aliphatic rings. The van der Waals surface area contributed by atoms with Gasteiger partial charge in [-0.3, -0.25) is 9.59 Å². The van der Waals surface area contributed by atoms with Crippen LogP contribution in [0.4, 0.5) is 24.5 Å². The highest BCUT2D eigenvalue weighted by Crippen LogP contribution is 2.19. The van der Waals surface area contributed by atoms with Gasteiger partial charge < -0.3 is 10.6 Å². The van der Waals surface area contributed by atoms with Crippen molar-refractivity contribution in [2.45, 2.75) is 6.18 Å². The summed E-state index contributed by atoms with van der Waals surface area (Å²) in [5.74, 6) is 3.33. The topological polar surface area (TPSA) is 71.1 Å². The molecule has 0 unspecified atom stereocenters. The third-order valence-corrected chi connectivity index (χ3v) is 3.78. The summed E-state index contributed by atoms with van der Waals surface area (Å²) in [6.07, 6.45) is -3.35. The Labute approximate surface area is 170 Å². The number of carbonyl (C=O) groups excluding carboxylic acids is 2. The predicted octanol–water partition coefficient (Wildman–Crippen LogP) is 4.23. The van der Waals surface area contributed by atoms with Crippen LogP contribution < -0.4 is 10.6 Å². The van der Waals surface area contributed by atoms with Crippen LogP contribution >= 0.6 is 0 Å². The molecule has 8 heteroatoms. The number of rotatable bonds is 3. The fraction of sp³-hybridized carbons (Fsp3) is 0.0455. The molecule has 0 atom stereocenters. The van der Waals surface area contributed by atoms with Crippen LogP contribution in [0.5, 0.6) is 0 Å². The number of alkyl halides is 3. The maximum Gasteiger partial charge on any atom is 0.471 e. The minimum Gasteiger partial charge on any atom is -0.322 e. The second kappa shape index (κ2) is 8.92. The van der Waals surface area contributed by atoms with Gasteiger partial charge in [-0.2, -0.15) is 13.2 Å². The second-order valence-corrected chi connectivity index (χ2v) is 6.03. The van der Waals surface area contributed by atoms with Crippen LogP contribution in [-0.4, -0.2) is 23.0 Å². The number of aromatic nitrogens is 1. The molecule has 5 nitrogen and oxygen atoms in total. The van der Waals surface area contributed by atoms with E-state index in [-0.39, 0.29) is 11.3 Å². The summed E-state index contributed by atoms with van der Waals surface area (Å²) < 4.78 is 36.8. The summed E-state index contributed by atoms with van der Waals surface area (Å²) >= 11 is 0. The van der Waals surface area contributed by atoms with Crippen molar-refractivity contribution in [1.29, 1.82) is 0 Å². The number of nitrogens with one attached hydrogen (secondary N) is 2. The van der Waals surface area contributed by atoms with Crippen LogP contribution in [0.15, 0.2) is 72.9 Å². The first-order valence-corrected chi connectivity index (χ1v) is 8.64. The Hall–Kier alpha value is -4.12. The molecule has 3 aromatic rings. The Kier molecular flexibility index (Phi) is 6.13. The van der Waals surface area contributed by atoms with Crippen molar-refractivity contribution in [3.05, 3.63) is 89.7 Å². The number of carbonyl (C=O) groups is 2. The summed E-state index contributed by atoms with van der Waals surface area (Å²) in [5, 5.41) is 4.41. The zero-order valence-corrected chi connectivity index (χ0v) is 15.3. The number of halogens is 3. The Bertz CT molecular complexity index is 1120. The van der Waals surface area contributed by atoms with E-state index in [0.717, 1.165) is 0 Å². The molecule has 0 saturated heterocycles. The lowest BCUT2D eigenvalue weighted by Gasteiger charge is -2.09.